The molecule has 1 aromatic carbocycles. The van der Waals surface area contributed by atoms with E-state index < -0.39 is 11.9 Å². The molecular formula is C29H36F3N3O3. The molecule has 206 valence electrons. The van der Waals surface area contributed by atoms with Crippen molar-refractivity contribution in [2.75, 3.05) is 33.3 Å². The summed E-state index contributed by atoms with van der Waals surface area (Å²) in [6, 6.07) is 10.2. The van der Waals surface area contributed by atoms with Crippen molar-refractivity contribution in [1.82, 2.24) is 14.8 Å². The predicted molar refractivity (Wildman–Crippen MR) is 138 cm³/mol. The fourth-order valence-corrected chi connectivity index (χ4v) is 5.64. The molecule has 0 saturated carbocycles. The number of halogens is 3. The number of nitrogens with zero attached hydrogens (tertiary/aromatic N) is 3. The van der Waals surface area contributed by atoms with E-state index in [1.165, 1.54) is 18.6 Å². The molecule has 3 heterocycles. The minimum atomic E-state index is -4.55. The van der Waals surface area contributed by atoms with Crippen LogP contribution in [0.25, 0.3) is 0 Å². The highest BCUT2D eigenvalue weighted by atomic mass is 19.4. The van der Waals surface area contributed by atoms with Gasteiger partial charge in [0.25, 0.3) is 5.91 Å². The van der Waals surface area contributed by atoms with Crippen LogP contribution in [0.2, 0.25) is 0 Å². The predicted octanol–water partition coefficient (Wildman–Crippen LogP) is 5.68. The Balaban J connectivity index is 1.45. The lowest BCUT2D eigenvalue weighted by atomic mass is 9.73. The summed E-state index contributed by atoms with van der Waals surface area (Å²) < 4.78 is 45.0. The van der Waals surface area contributed by atoms with Gasteiger partial charge in [-0.1, -0.05) is 24.6 Å². The van der Waals surface area contributed by atoms with Crippen LogP contribution in [-0.4, -0.2) is 59.9 Å². The summed E-state index contributed by atoms with van der Waals surface area (Å²) in [5, 5.41) is 0. The third-order valence-electron chi connectivity index (χ3n) is 7.88. The zero-order chi connectivity index (χ0) is 27.3. The fraction of sp³-hybridized carbons (Fsp3) is 0.552. The van der Waals surface area contributed by atoms with Crippen molar-refractivity contribution in [3.05, 3.63) is 58.9 Å². The molecule has 38 heavy (non-hydrogen) atoms. The van der Waals surface area contributed by atoms with Gasteiger partial charge < -0.3 is 14.5 Å². The van der Waals surface area contributed by atoms with E-state index in [0.717, 1.165) is 50.3 Å². The molecule has 0 aliphatic carbocycles. The third kappa shape index (κ3) is 6.66. The molecule has 1 fully saturated rings. The Labute approximate surface area is 222 Å². The minimum Gasteiger partial charge on any atom is -0.493 e. The number of amides is 2. The average Bonchev–Trinajstić information content (AvgIpc) is 2.88. The lowest BCUT2D eigenvalue weighted by Gasteiger charge is -2.44. The van der Waals surface area contributed by atoms with Gasteiger partial charge in [-0.15, -0.1) is 0 Å². The van der Waals surface area contributed by atoms with E-state index in [2.05, 4.69) is 11.1 Å². The molecular weight excluding hydrogens is 495 g/mol. The molecule has 9 heteroatoms. The van der Waals surface area contributed by atoms with Crippen molar-refractivity contribution in [2.24, 2.45) is 5.41 Å². The van der Waals surface area contributed by atoms with Crippen LogP contribution >= 0.6 is 0 Å². The normalized spacial score (nSPS) is 19.4. The maximum absolute atomic E-state index is 13.2. The Morgan fingerprint density at radius 2 is 1.74 bits per heavy atom. The van der Waals surface area contributed by atoms with Gasteiger partial charge >= 0.3 is 6.18 Å². The molecule has 2 aliphatic heterocycles. The molecule has 0 bridgehead atoms. The second-order valence-corrected chi connectivity index (χ2v) is 10.6. The summed E-state index contributed by atoms with van der Waals surface area (Å²) in [5.41, 5.74) is 0.369. The highest BCUT2D eigenvalue weighted by molar-refractivity contribution is 5.95. The van der Waals surface area contributed by atoms with Gasteiger partial charge in [0.05, 0.1) is 17.9 Å². The van der Waals surface area contributed by atoms with Gasteiger partial charge in [-0.05, 0) is 74.6 Å². The van der Waals surface area contributed by atoms with Crippen LogP contribution < -0.4 is 4.74 Å². The standard InChI is InChI=1S/C29H36F3N3O3/c1-21-23(12-13-25(33-21)29(30,31)32)27(37)35-17-15-28(16-18-35)14-6-5-9-22-8-3-4-10-24(22)38-19-7-11-26(36)34(2)20-28/h3-4,8,10,12-13H,5-7,9,11,14-20H2,1-2H3. The Morgan fingerprint density at radius 1 is 1.00 bits per heavy atom. The van der Waals surface area contributed by atoms with Gasteiger partial charge in [0, 0.05) is 33.1 Å². The number of carbonyl (C=O) groups excluding carboxylic acids is 2. The lowest BCUT2D eigenvalue weighted by molar-refractivity contribution is -0.141. The van der Waals surface area contributed by atoms with E-state index in [1.54, 1.807) is 4.90 Å². The van der Waals surface area contributed by atoms with Crippen LogP contribution in [0.1, 0.15) is 72.3 Å². The second-order valence-electron chi connectivity index (χ2n) is 10.6. The first kappa shape index (κ1) is 27.9. The van der Waals surface area contributed by atoms with Crippen molar-refractivity contribution < 1.29 is 27.5 Å². The summed E-state index contributed by atoms with van der Waals surface area (Å²) in [4.78, 5) is 33.2. The smallest absolute Gasteiger partial charge is 0.433 e. The highest BCUT2D eigenvalue weighted by Gasteiger charge is 2.38. The number of hydrogen-bond acceptors (Lipinski definition) is 4. The maximum Gasteiger partial charge on any atom is 0.433 e. The van der Waals surface area contributed by atoms with Gasteiger partial charge in [-0.3, -0.25) is 9.59 Å². The number of ether oxygens (including phenoxy) is 1. The quantitative estimate of drug-likeness (QED) is 0.475. The van der Waals surface area contributed by atoms with Gasteiger partial charge in [-0.25, -0.2) is 4.98 Å². The summed E-state index contributed by atoms with van der Waals surface area (Å²) in [6.07, 6.45) is 1.85. The number of alkyl halides is 3. The van der Waals surface area contributed by atoms with Crippen LogP contribution in [0.5, 0.6) is 5.75 Å². The van der Waals surface area contributed by atoms with Crippen LogP contribution in [0.15, 0.2) is 36.4 Å². The number of fused-ring (bicyclic) bond motifs is 1. The number of aromatic nitrogens is 1. The van der Waals surface area contributed by atoms with E-state index in [9.17, 15) is 22.8 Å². The zero-order valence-electron chi connectivity index (χ0n) is 22.1. The van der Waals surface area contributed by atoms with Crippen molar-refractivity contribution in [1.29, 1.82) is 0 Å². The second kappa shape index (κ2) is 11.7. The number of carbonyl (C=O) groups is 2. The molecule has 1 aromatic heterocycles. The summed E-state index contributed by atoms with van der Waals surface area (Å²) in [7, 11) is 1.85. The van der Waals surface area contributed by atoms with E-state index in [0.29, 0.717) is 39.1 Å². The topological polar surface area (TPSA) is 62.7 Å². The number of rotatable bonds is 1. The Kier molecular flexibility index (Phi) is 8.63. The van der Waals surface area contributed by atoms with Crippen LogP contribution in [0.4, 0.5) is 13.2 Å². The molecule has 0 radical (unpaired) electrons. The Morgan fingerprint density at radius 3 is 2.45 bits per heavy atom. The van der Waals surface area contributed by atoms with Gasteiger partial charge in [0.2, 0.25) is 5.91 Å². The first-order chi connectivity index (χ1) is 18.1. The Bertz CT molecular complexity index is 1140. The molecule has 0 unspecified atom stereocenters. The van der Waals surface area contributed by atoms with Crippen molar-refractivity contribution in [3.63, 3.8) is 0 Å². The van der Waals surface area contributed by atoms with E-state index in [4.69, 9.17) is 4.74 Å². The molecule has 2 aliphatic rings. The van der Waals surface area contributed by atoms with Gasteiger partial charge in [0.15, 0.2) is 0 Å². The number of likely N-dealkylation sites (tertiary alicyclic amines) is 1. The van der Waals surface area contributed by atoms with Crippen molar-refractivity contribution >= 4 is 11.8 Å². The molecule has 1 spiro atoms. The van der Waals surface area contributed by atoms with Crippen LogP contribution in [-0.2, 0) is 17.4 Å². The van der Waals surface area contributed by atoms with E-state index >= 15 is 0 Å². The number of para-hydroxylation sites is 1. The van der Waals surface area contributed by atoms with E-state index in [1.807, 2.05) is 30.1 Å². The summed E-state index contributed by atoms with van der Waals surface area (Å²) >= 11 is 0. The number of aryl methyl sites for hydroxylation is 2. The number of pyridine rings is 1. The minimum absolute atomic E-state index is 0.0812. The van der Waals surface area contributed by atoms with Crippen molar-refractivity contribution in [2.45, 2.75) is 64.5 Å². The lowest BCUT2D eigenvalue weighted by Crippen LogP contribution is -2.48. The molecule has 6 nitrogen and oxygen atoms in total. The summed E-state index contributed by atoms with van der Waals surface area (Å²) in [5.74, 6) is 0.684. The average molecular weight is 532 g/mol. The first-order valence-corrected chi connectivity index (χ1v) is 13.4. The number of benzene rings is 1. The van der Waals surface area contributed by atoms with E-state index in [-0.39, 0.29) is 28.5 Å². The highest BCUT2D eigenvalue weighted by Crippen LogP contribution is 2.39. The number of piperidine rings is 1. The molecule has 2 aromatic rings. The molecule has 1 saturated heterocycles. The monoisotopic (exact) mass is 531 g/mol. The fourth-order valence-electron chi connectivity index (χ4n) is 5.64. The zero-order valence-corrected chi connectivity index (χ0v) is 22.1. The first-order valence-electron chi connectivity index (χ1n) is 13.4. The van der Waals surface area contributed by atoms with Crippen molar-refractivity contribution in [3.8, 4) is 5.75 Å². The third-order valence-corrected chi connectivity index (χ3v) is 7.88. The molecule has 2 amide bonds. The Hall–Kier alpha value is -3.10. The molecule has 0 N–H and O–H groups in total. The van der Waals surface area contributed by atoms with Crippen LogP contribution in [0, 0.1) is 12.3 Å². The van der Waals surface area contributed by atoms with Crippen LogP contribution in [0.3, 0.4) is 0 Å². The molecule has 0 atom stereocenters. The summed E-state index contributed by atoms with van der Waals surface area (Å²) in [6.45, 7) is 3.56. The molecule has 4 rings (SSSR count). The van der Waals surface area contributed by atoms with Gasteiger partial charge in [-0.2, -0.15) is 13.2 Å². The SMILES string of the molecule is Cc1nc(C(F)(F)F)ccc1C(=O)N1CCC2(CCCCc3ccccc3OCCCC(=O)N(C)C2)CC1. The maximum atomic E-state index is 13.2. The largest absolute Gasteiger partial charge is 0.493 e. The number of hydrogen-bond donors (Lipinski definition) is 0. The van der Waals surface area contributed by atoms with Gasteiger partial charge in [0.1, 0.15) is 11.4 Å².